The molecule has 1 saturated heterocycles. The Morgan fingerprint density at radius 3 is 1.68 bits per heavy atom. The Balaban J connectivity index is 1.89. The second-order valence-electron chi connectivity index (χ2n) is 8.78. The second-order valence-corrected chi connectivity index (χ2v) is 8.78. The molecule has 2 aromatic rings. The molecule has 5 atom stereocenters. The van der Waals surface area contributed by atoms with Crippen LogP contribution in [0.25, 0.3) is 11.1 Å². The number of carbonyl (C=O) groups is 5. The van der Waals surface area contributed by atoms with Crippen molar-refractivity contribution in [1.29, 1.82) is 0 Å². The summed E-state index contributed by atoms with van der Waals surface area (Å²) in [5.41, 5.74) is 2.05. The van der Waals surface area contributed by atoms with E-state index in [0.717, 1.165) is 31.9 Å². The van der Waals surface area contributed by atoms with Gasteiger partial charge in [0.25, 0.3) is 0 Å². The molecule has 0 radical (unpaired) electrons. The number of rotatable bonds is 9. The highest BCUT2D eigenvalue weighted by molar-refractivity contribution is 5.90. The fraction of sp³-hybridized carbons (Fsp3) is 0.393. The van der Waals surface area contributed by atoms with Gasteiger partial charge in [0, 0.05) is 27.7 Å². The van der Waals surface area contributed by atoms with Crippen LogP contribution in [0.15, 0.2) is 48.5 Å². The van der Waals surface area contributed by atoms with Crippen LogP contribution >= 0.6 is 0 Å². The lowest BCUT2D eigenvalue weighted by molar-refractivity contribution is -0.288. The van der Waals surface area contributed by atoms with Gasteiger partial charge >= 0.3 is 29.8 Å². The van der Waals surface area contributed by atoms with Crippen LogP contribution in [0.3, 0.4) is 0 Å². The van der Waals surface area contributed by atoms with E-state index in [2.05, 4.69) is 0 Å². The fourth-order valence-corrected chi connectivity index (χ4v) is 4.06. The van der Waals surface area contributed by atoms with E-state index < -0.39 is 60.6 Å². The van der Waals surface area contributed by atoms with Crippen molar-refractivity contribution in [1.82, 2.24) is 0 Å². The summed E-state index contributed by atoms with van der Waals surface area (Å²) >= 11 is 0. The average Bonchev–Trinajstić information content (AvgIpc) is 2.90. The molecule has 0 N–H and O–H groups in total. The molecule has 12 heteroatoms. The third-order valence-electron chi connectivity index (χ3n) is 5.69. The maximum atomic E-state index is 12.0. The second kappa shape index (κ2) is 13.6. The van der Waals surface area contributed by atoms with E-state index in [0.29, 0.717) is 11.3 Å². The quantitative estimate of drug-likeness (QED) is 0.329. The predicted molar refractivity (Wildman–Crippen MR) is 136 cm³/mol. The molecular weight excluding hydrogens is 528 g/mol. The number of ether oxygens (including phenoxy) is 7. The Morgan fingerprint density at radius 2 is 1.18 bits per heavy atom. The van der Waals surface area contributed by atoms with Crippen molar-refractivity contribution < 1.29 is 57.1 Å². The van der Waals surface area contributed by atoms with Crippen LogP contribution in [0.5, 0.6) is 5.75 Å². The summed E-state index contributed by atoms with van der Waals surface area (Å²) in [5.74, 6) is -2.96. The Morgan fingerprint density at radius 1 is 0.675 bits per heavy atom. The van der Waals surface area contributed by atoms with Gasteiger partial charge in [-0.1, -0.05) is 24.3 Å². The van der Waals surface area contributed by atoms with E-state index in [1.54, 1.807) is 48.5 Å². The molecule has 0 saturated carbocycles. The highest BCUT2D eigenvalue weighted by Gasteiger charge is 2.53. The van der Waals surface area contributed by atoms with E-state index >= 15 is 0 Å². The molecule has 1 aliphatic heterocycles. The number of carbonyl (C=O) groups excluding carboxylic acids is 5. The van der Waals surface area contributed by atoms with E-state index in [-0.39, 0.29) is 6.61 Å². The average molecular weight is 559 g/mol. The Kier molecular flexibility index (Phi) is 10.2. The summed E-state index contributed by atoms with van der Waals surface area (Å²) in [7, 11) is 1.31. The molecule has 2 aromatic carbocycles. The molecule has 1 aliphatic rings. The molecular formula is C28H30O12. The monoisotopic (exact) mass is 558 g/mol. The third-order valence-corrected chi connectivity index (χ3v) is 5.69. The Bertz CT molecular complexity index is 1220. The van der Waals surface area contributed by atoms with Gasteiger partial charge in [-0.3, -0.25) is 19.2 Å². The van der Waals surface area contributed by atoms with Crippen LogP contribution in [0.2, 0.25) is 0 Å². The molecule has 214 valence electrons. The van der Waals surface area contributed by atoms with Gasteiger partial charge in [-0.2, -0.15) is 0 Å². The molecule has 0 bridgehead atoms. The maximum absolute atomic E-state index is 12.0. The number of hydrogen-bond acceptors (Lipinski definition) is 12. The summed E-state index contributed by atoms with van der Waals surface area (Å²) in [4.78, 5) is 59.0. The minimum absolute atomic E-state index is 0.302. The standard InChI is InChI=1S/C28H30O12/c1-15(29)35-14-23-24(36-16(2)30)25(37-17(3)31)26(38-18(4)32)28(40-23)39-22-12-10-20(11-13-22)19-6-8-21(9-7-19)27(33)34-5/h6-13,23-26,28H,14H2,1-5H3. The van der Waals surface area contributed by atoms with E-state index in [4.69, 9.17) is 33.2 Å². The lowest BCUT2D eigenvalue weighted by Gasteiger charge is -2.43. The zero-order valence-electron chi connectivity index (χ0n) is 22.6. The highest BCUT2D eigenvalue weighted by Crippen LogP contribution is 2.32. The molecule has 12 nitrogen and oxygen atoms in total. The Labute approximate surface area is 230 Å². The van der Waals surface area contributed by atoms with Gasteiger partial charge in [0.2, 0.25) is 12.4 Å². The molecule has 0 amide bonds. The van der Waals surface area contributed by atoms with Crippen molar-refractivity contribution in [2.75, 3.05) is 13.7 Å². The van der Waals surface area contributed by atoms with Crippen LogP contribution in [-0.4, -0.2) is 74.3 Å². The normalized spacial score (nSPS) is 21.9. The van der Waals surface area contributed by atoms with Gasteiger partial charge in [-0.15, -0.1) is 0 Å². The van der Waals surface area contributed by atoms with Gasteiger partial charge in [-0.05, 0) is 35.4 Å². The maximum Gasteiger partial charge on any atom is 0.337 e. The zero-order valence-corrected chi connectivity index (χ0v) is 22.6. The summed E-state index contributed by atoms with van der Waals surface area (Å²) < 4.78 is 37.9. The van der Waals surface area contributed by atoms with Crippen molar-refractivity contribution in [3.8, 4) is 16.9 Å². The largest absolute Gasteiger partial charge is 0.465 e. The fourth-order valence-electron chi connectivity index (χ4n) is 4.06. The number of benzene rings is 2. The summed E-state index contributed by atoms with van der Waals surface area (Å²) in [6.45, 7) is 4.25. The van der Waals surface area contributed by atoms with Gasteiger partial charge in [-0.25, -0.2) is 4.79 Å². The first-order valence-corrected chi connectivity index (χ1v) is 12.2. The molecule has 1 fully saturated rings. The van der Waals surface area contributed by atoms with E-state index in [1.165, 1.54) is 14.0 Å². The van der Waals surface area contributed by atoms with Crippen molar-refractivity contribution in [3.05, 3.63) is 54.1 Å². The first-order chi connectivity index (χ1) is 19.0. The number of methoxy groups -OCH3 is 1. The van der Waals surface area contributed by atoms with Crippen molar-refractivity contribution in [3.63, 3.8) is 0 Å². The molecule has 0 aliphatic carbocycles. The molecule has 3 rings (SSSR count). The molecule has 0 spiro atoms. The Hall–Kier alpha value is -4.45. The minimum atomic E-state index is -1.34. The number of esters is 5. The SMILES string of the molecule is COC(=O)c1ccc(-c2ccc(OC3OC(COC(C)=O)C(OC(C)=O)C(OC(C)=O)C3OC(C)=O)cc2)cc1. The van der Waals surface area contributed by atoms with Gasteiger partial charge in [0.05, 0.1) is 12.7 Å². The summed E-state index contributed by atoms with van der Waals surface area (Å²) in [6, 6.07) is 13.6. The molecule has 40 heavy (non-hydrogen) atoms. The van der Waals surface area contributed by atoms with E-state index in [1.807, 2.05) is 0 Å². The number of hydrogen-bond donors (Lipinski definition) is 0. The smallest absolute Gasteiger partial charge is 0.337 e. The minimum Gasteiger partial charge on any atom is -0.465 e. The van der Waals surface area contributed by atoms with Crippen LogP contribution in [0.4, 0.5) is 0 Å². The first kappa shape index (κ1) is 30.1. The van der Waals surface area contributed by atoms with Gasteiger partial charge < -0.3 is 33.2 Å². The molecule has 0 aromatic heterocycles. The predicted octanol–water partition coefficient (Wildman–Crippen LogP) is 2.60. The summed E-state index contributed by atoms with van der Waals surface area (Å²) in [6.07, 6.45) is -6.42. The molecule has 5 unspecified atom stereocenters. The molecule has 1 heterocycles. The van der Waals surface area contributed by atoms with Gasteiger partial charge in [0.15, 0.2) is 12.2 Å². The first-order valence-electron chi connectivity index (χ1n) is 12.2. The van der Waals surface area contributed by atoms with Crippen molar-refractivity contribution in [2.45, 2.75) is 58.4 Å². The van der Waals surface area contributed by atoms with Crippen LogP contribution in [0, 0.1) is 0 Å². The highest BCUT2D eigenvalue weighted by atomic mass is 16.7. The van der Waals surface area contributed by atoms with Crippen molar-refractivity contribution in [2.24, 2.45) is 0 Å². The van der Waals surface area contributed by atoms with Gasteiger partial charge in [0.1, 0.15) is 18.5 Å². The van der Waals surface area contributed by atoms with E-state index in [9.17, 15) is 24.0 Å². The zero-order chi connectivity index (χ0) is 29.4. The van der Waals surface area contributed by atoms with Crippen LogP contribution in [-0.2, 0) is 47.6 Å². The lowest BCUT2D eigenvalue weighted by Crippen LogP contribution is -2.63. The third kappa shape index (κ3) is 8.03. The topological polar surface area (TPSA) is 150 Å². The van der Waals surface area contributed by atoms with Crippen molar-refractivity contribution >= 4 is 29.8 Å². The van der Waals surface area contributed by atoms with Crippen LogP contribution < -0.4 is 4.74 Å². The summed E-state index contributed by atoms with van der Waals surface area (Å²) in [5, 5.41) is 0. The van der Waals surface area contributed by atoms with Crippen LogP contribution in [0.1, 0.15) is 38.1 Å². The lowest BCUT2D eigenvalue weighted by atomic mass is 9.98.